The number of aromatic hydroxyl groups is 1. The van der Waals surface area contributed by atoms with E-state index >= 15 is 0 Å². The molecule has 0 fully saturated rings. The van der Waals surface area contributed by atoms with Crippen LogP contribution in [-0.4, -0.2) is 34.8 Å². The largest absolute Gasteiger partial charge is 0.493 e. The third-order valence-electron chi connectivity index (χ3n) is 7.92. The lowest BCUT2D eigenvalue weighted by Gasteiger charge is -2.19. The van der Waals surface area contributed by atoms with Crippen molar-refractivity contribution in [2.24, 2.45) is 16.1 Å². The maximum Gasteiger partial charge on any atom is 0.339 e. The number of hydrogen-bond donors (Lipinski definition) is 1. The Balaban J connectivity index is 2.45. The zero-order valence-electron chi connectivity index (χ0n) is 27.7. The number of ether oxygens (including phenoxy) is 2. The summed E-state index contributed by atoms with van der Waals surface area (Å²) >= 11 is 0. The van der Waals surface area contributed by atoms with Crippen LogP contribution in [0.5, 0.6) is 5.88 Å². The number of nitriles is 1. The molecule has 0 saturated heterocycles. The highest BCUT2D eigenvalue weighted by Gasteiger charge is 2.23. The molecule has 1 N–H and O–H groups in total. The molecule has 246 valence electrons. The summed E-state index contributed by atoms with van der Waals surface area (Å²) in [7, 11) is 0. The number of azo groups is 1. The molecule has 0 saturated carbocycles. The topological polar surface area (TPSA) is 143 Å². The normalized spacial score (nSPS) is 11.8. The molecule has 0 amide bonds. The van der Waals surface area contributed by atoms with Crippen molar-refractivity contribution >= 4 is 23.3 Å². The van der Waals surface area contributed by atoms with Crippen LogP contribution in [0.2, 0.25) is 0 Å². The lowest BCUT2D eigenvalue weighted by Crippen LogP contribution is -2.25. The first-order valence-electron chi connectivity index (χ1n) is 16.5. The number of aromatic nitrogens is 1. The summed E-state index contributed by atoms with van der Waals surface area (Å²) in [6.45, 7) is 10.6. The fourth-order valence-corrected chi connectivity index (χ4v) is 4.99. The van der Waals surface area contributed by atoms with Gasteiger partial charge in [0.25, 0.3) is 5.56 Å². The van der Waals surface area contributed by atoms with Crippen LogP contribution in [-0.2, 0) is 16.0 Å². The Morgan fingerprint density at radius 2 is 1.49 bits per heavy atom. The van der Waals surface area contributed by atoms with E-state index in [2.05, 4.69) is 31.0 Å². The minimum absolute atomic E-state index is 0.000218. The van der Waals surface area contributed by atoms with Gasteiger partial charge in [-0.25, -0.2) is 9.59 Å². The van der Waals surface area contributed by atoms with E-state index in [0.717, 1.165) is 70.6 Å². The third kappa shape index (κ3) is 11.1. The number of pyridine rings is 1. The number of carbonyl (C=O) groups is 2. The Kier molecular flexibility index (Phi) is 16.6. The van der Waals surface area contributed by atoms with Gasteiger partial charge in [-0.15, -0.1) is 5.11 Å². The van der Waals surface area contributed by atoms with E-state index in [1.165, 1.54) is 29.7 Å². The molecule has 0 aliphatic rings. The fraction of sp³-hybridized carbons (Fsp3) is 0.600. The summed E-state index contributed by atoms with van der Waals surface area (Å²) in [4.78, 5) is 39.5. The minimum atomic E-state index is -0.672. The molecule has 1 aromatic heterocycles. The SMILES string of the molecule is CCCCCCOC(=O)c1ccc(N=Nc2c(C)c(C#N)c(O)n(CC(CC)CCCC)c2=O)cc1C(=O)OCCCCCC. The number of carbonyl (C=O) groups excluding carboxylic acids is 2. The van der Waals surface area contributed by atoms with Crippen molar-refractivity contribution in [3.63, 3.8) is 0 Å². The number of benzene rings is 1. The Bertz CT molecular complexity index is 1390. The zero-order valence-corrected chi connectivity index (χ0v) is 27.7. The second kappa shape index (κ2) is 20.1. The van der Waals surface area contributed by atoms with Crippen molar-refractivity contribution in [3.05, 3.63) is 50.8 Å². The maximum atomic E-state index is 13.5. The first kappa shape index (κ1) is 37.2. The van der Waals surface area contributed by atoms with Crippen LogP contribution in [0.3, 0.4) is 0 Å². The van der Waals surface area contributed by atoms with E-state index in [4.69, 9.17) is 9.47 Å². The molecule has 0 bridgehead atoms. The number of rotatable bonds is 20. The van der Waals surface area contributed by atoms with Crippen molar-refractivity contribution in [1.29, 1.82) is 5.26 Å². The predicted molar refractivity (Wildman–Crippen MR) is 175 cm³/mol. The molecule has 1 atom stereocenters. The maximum absolute atomic E-state index is 13.5. The quantitative estimate of drug-likeness (QED) is 0.0882. The molecule has 0 aliphatic heterocycles. The second-order valence-electron chi connectivity index (χ2n) is 11.4. The summed E-state index contributed by atoms with van der Waals surface area (Å²) < 4.78 is 12.1. The molecule has 10 heteroatoms. The Morgan fingerprint density at radius 1 is 0.889 bits per heavy atom. The highest BCUT2D eigenvalue weighted by atomic mass is 16.5. The van der Waals surface area contributed by atoms with Gasteiger partial charge in [-0.2, -0.15) is 10.4 Å². The lowest BCUT2D eigenvalue weighted by molar-refractivity contribution is 0.0450. The average molecular weight is 623 g/mol. The Hall–Kier alpha value is -4.00. The summed E-state index contributed by atoms with van der Waals surface area (Å²) in [6, 6.07) is 6.33. The van der Waals surface area contributed by atoms with Crippen LogP contribution in [0.4, 0.5) is 11.4 Å². The van der Waals surface area contributed by atoms with Gasteiger partial charge in [0.2, 0.25) is 5.88 Å². The summed E-state index contributed by atoms with van der Waals surface area (Å²) in [6.07, 6.45) is 11.2. The van der Waals surface area contributed by atoms with Crippen LogP contribution in [0.15, 0.2) is 33.2 Å². The van der Waals surface area contributed by atoms with Gasteiger partial charge in [0, 0.05) is 12.1 Å². The Labute approximate surface area is 267 Å². The average Bonchev–Trinajstić information content (AvgIpc) is 3.04. The van der Waals surface area contributed by atoms with E-state index in [-0.39, 0.29) is 65.2 Å². The van der Waals surface area contributed by atoms with Crippen LogP contribution < -0.4 is 5.56 Å². The molecule has 1 aromatic carbocycles. The molecule has 45 heavy (non-hydrogen) atoms. The van der Waals surface area contributed by atoms with Crippen molar-refractivity contribution in [2.75, 3.05) is 13.2 Å². The van der Waals surface area contributed by atoms with Gasteiger partial charge < -0.3 is 14.6 Å². The van der Waals surface area contributed by atoms with Gasteiger partial charge in [-0.05, 0) is 50.3 Å². The van der Waals surface area contributed by atoms with Gasteiger partial charge in [-0.1, -0.05) is 85.5 Å². The molecule has 1 heterocycles. The second-order valence-corrected chi connectivity index (χ2v) is 11.4. The van der Waals surface area contributed by atoms with Crippen LogP contribution in [0.1, 0.15) is 137 Å². The number of unbranched alkanes of at least 4 members (excludes halogenated alkanes) is 7. The number of hydrogen-bond acceptors (Lipinski definition) is 9. The summed E-state index contributed by atoms with van der Waals surface area (Å²) in [5.41, 5.74) is -0.202. The smallest absolute Gasteiger partial charge is 0.339 e. The molecule has 1 unspecified atom stereocenters. The molecule has 0 aliphatic carbocycles. The molecule has 0 radical (unpaired) electrons. The summed E-state index contributed by atoms with van der Waals surface area (Å²) in [5.74, 6) is -1.54. The van der Waals surface area contributed by atoms with E-state index in [1.54, 1.807) is 0 Å². The van der Waals surface area contributed by atoms with Crippen LogP contribution in [0.25, 0.3) is 0 Å². The zero-order chi connectivity index (χ0) is 33.2. The molecule has 10 nitrogen and oxygen atoms in total. The monoisotopic (exact) mass is 622 g/mol. The van der Waals surface area contributed by atoms with Gasteiger partial charge in [0.05, 0.1) is 30.0 Å². The van der Waals surface area contributed by atoms with E-state index in [1.807, 2.05) is 13.0 Å². The first-order chi connectivity index (χ1) is 21.7. The fourth-order valence-electron chi connectivity index (χ4n) is 4.99. The molecular weight excluding hydrogens is 572 g/mol. The van der Waals surface area contributed by atoms with Crippen LogP contribution in [0, 0.1) is 24.2 Å². The standard InChI is InChI=1S/C35H50N4O6/c1-6-10-13-15-20-44-34(42)28-19-18-27(22-29(28)35(43)45-21-16-14-11-7-2)37-38-31-25(5)30(23-36)32(40)39(33(31)41)24-26(9-4)17-12-8-3/h18-19,22,26,40H,6-17,20-21,24H2,1-5H3. The predicted octanol–water partition coefficient (Wildman–Crippen LogP) is 8.84. The highest BCUT2D eigenvalue weighted by Crippen LogP contribution is 2.29. The van der Waals surface area contributed by atoms with Crippen molar-refractivity contribution in [2.45, 2.75) is 118 Å². The van der Waals surface area contributed by atoms with Crippen molar-refractivity contribution < 1.29 is 24.2 Å². The number of nitrogens with zero attached hydrogens (tertiary/aromatic N) is 4. The lowest BCUT2D eigenvalue weighted by atomic mass is 9.99. The van der Waals surface area contributed by atoms with E-state index < -0.39 is 17.5 Å². The molecule has 0 spiro atoms. The van der Waals surface area contributed by atoms with Crippen molar-refractivity contribution in [1.82, 2.24) is 4.57 Å². The van der Waals surface area contributed by atoms with Crippen LogP contribution >= 0.6 is 0 Å². The van der Waals surface area contributed by atoms with Gasteiger partial charge >= 0.3 is 11.9 Å². The highest BCUT2D eigenvalue weighted by molar-refractivity contribution is 6.03. The third-order valence-corrected chi connectivity index (χ3v) is 7.92. The Morgan fingerprint density at radius 3 is 2.04 bits per heavy atom. The first-order valence-corrected chi connectivity index (χ1v) is 16.5. The van der Waals surface area contributed by atoms with Gasteiger partial charge in [0.1, 0.15) is 11.6 Å². The van der Waals surface area contributed by atoms with E-state index in [9.17, 15) is 24.8 Å². The molecular formula is C35H50N4O6. The van der Waals surface area contributed by atoms with Gasteiger partial charge in [-0.3, -0.25) is 9.36 Å². The minimum Gasteiger partial charge on any atom is -0.493 e. The molecule has 2 rings (SSSR count). The summed E-state index contributed by atoms with van der Waals surface area (Å²) in [5, 5.41) is 29.0. The van der Waals surface area contributed by atoms with Crippen molar-refractivity contribution in [3.8, 4) is 11.9 Å². The number of esters is 2. The van der Waals surface area contributed by atoms with Gasteiger partial charge in [0.15, 0.2) is 5.69 Å². The van der Waals surface area contributed by atoms with E-state index in [0.29, 0.717) is 6.42 Å². The molecule has 2 aromatic rings.